The summed E-state index contributed by atoms with van der Waals surface area (Å²) in [5, 5.41) is 8.28. The molecule has 9 nitrogen and oxygen atoms in total. The number of amides is 1. The lowest BCUT2D eigenvalue weighted by molar-refractivity contribution is -0.133. The molecule has 2 heterocycles. The quantitative estimate of drug-likeness (QED) is 0.533. The molecule has 1 aromatic carbocycles. The first kappa shape index (κ1) is 24.3. The Bertz CT molecular complexity index is 980. The summed E-state index contributed by atoms with van der Waals surface area (Å²) in [7, 11) is 0. The summed E-state index contributed by atoms with van der Waals surface area (Å²) in [4.78, 5) is 32.4. The van der Waals surface area contributed by atoms with Crippen molar-refractivity contribution < 1.29 is 14.3 Å². The number of ether oxygens (including phenoxy) is 2. The Kier molecular flexibility index (Phi) is 8.65. The van der Waals surface area contributed by atoms with E-state index in [-0.39, 0.29) is 30.0 Å². The van der Waals surface area contributed by atoms with Crippen molar-refractivity contribution in [3.05, 3.63) is 40.3 Å². The summed E-state index contributed by atoms with van der Waals surface area (Å²) in [6.07, 6.45) is 5.79. The van der Waals surface area contributed by atoms with E-state index in [9.17, 15) is 9.59 Å². The van der Waals surface area contributed by atoms with Crippen LogP contribution < -0.4 is 10.3 Å². The van der Waals surface area contributed by atoms with Gasteiger partial charge in [0.05, 0.1) is 6.61 Å². The Hall–Kier alpha value is -2.78. The molecule has 0 radical (unpaired) electrons. The monoisotopic (exact) mass is 469 g/mol. The van der Waals surface area contributed by atoms with Crippen molar-refractivity contribution in [1.82, 2.24) is 25.0 Å². The van der Waals surface area contributed by atoms with Crippen molar-refractivity contribution in [2.24, 2.45) is 0 Å². The number of carbonyl (C=O) groups excluding carboxylic acids is 1. The number of rotatable bonds is 10. The Labute approximate surface area is 200 Å². The average molecular weight is 470 g/mol. The number of hydrogen-bond donors (Lipinski definition) is 1. The second-order valence-corrected chi connectivity index (χ2v) is 8.87. The van der Waals surface area contributed by atoms with Crippen LogP contribution in [-0.2, 0) is 16.0 Å². The number of carbonyl (C=O) groups is 1. The number of aromatic nitrogens is 3. The predicted octanol–water partition coefficient (Wildman–Crippen LogP) is 2.27. The number of nitrogens with one attached hydrogen (secondary N) is 1. The van der Waals surface area contributed by atoms with Crippen molar-refractivity contribution in [2.45, 2.75) is 51.5 Å². The van der Waals surface area contributed by atoms with E-state index in [1.165, 1.54) is 25.7 Å². The molecule has 0 atom stereocenters. The largest absolute Gasteiger partial charge is 0.491 e. The van der Waals surface area contributed by atoms with Crippen molar-refractivity contribution in [1.29, 1.82) is 0 Å². The minimum atomic E-state index is -0.305. The number of nitrogens with zero attached hydrogens (tertiary/aromatic N) is 4. The minimum absolute atomic E-state index is 0.0799. The smallest absolute Gasteiger partial charge is 0.273 e. The van der Waals surface area contributed by atoms with Crippen LogP contribution in [0.5, 0.6) is 5.75 Å². The summed E-state index contributed by atoms with van der Waals surface area (Å²) in [5.41, 5.74) is 0.725. The Morgan fingerprint density at radius 2 is 1.79 bits per heavy atom. The van der Waals surface area contributed by atoms with Crippen LogP contribution in [0.25, 0.3) is 11.4 Å². The second-order valence-electron chi connectivity index (χ2n) is 8.87. The Morgan fingerprint density at radius 3 is 2.47 bits per heavy atom. The third-order valence-electron chi connectivity index (χ3n) is 6.68. The number of H-pyrrole nitrogens is 1. The molecule has 2 aliphatic rings. The van der Waals surface area contributed by atoms with Crippen molar-refractivity contribution in [3.8, 4) is 17.1 Å². The first-order valence-corrected chi connectivity index (χ1v) is 12.4. The number of hydrogen-bond acceptors (Lipinski definition) is 7. The van der Waals surface area contributed by atoms with Gasteiger partial charge in [0.1, 0.15) is 18.1 Å². The molecule has 34 heavy (non-hydrogen) atoms. The van der Waals surface area contributed by atoms with Crippen LogP contribution in [0.15, 0.2) is 29.1 Å². The third-order valence-corrected chi connectivity index (χ3v) is 6.68. The lowest BCUT2D eigenvalue weighted by Crippen LogP contribution is -2.51. The highest BCUT2D eigenvalue weighted by Gasteiger charge is 2.27. The molecule has 0 spiro atoms. The van der Waals surface area contributed by atoms with Crippen LogP contribution >= 0.6 is 0 Å². The van der Waals surface area contributed by atoms with Gasteiger partial charge in [-0.2, -0.15) is 0 Å². The molecule has 4 rings (SSSR count). The maximum absolute atomic E-state index is 12.7. The fourth-order valence-electron chi connectivity index (χ4n) is 4.72. The van der Waals surface area contributed by atoms with E-state index in [0.29, 0.717) is 31.7 Å². The van der Waals surface area contributed by atoms with E-state index in [0.717, 1.165) is 37.5 Å². The molecule has 1 amide bonds. The fourth-order valence-corrected chi connectivity index (χ4v) is 4.72. The van der Waals surface area contributed by atoms with Gasteiger partial charge in [-0.05, 0) is 44.0 Å². The fraction of sp³-hybridized carbons (Fsp3) is 0.600. The van der Waals surface area contributed by atoms with Crippen molar-refractivity contribution >= 4 is 5.91 Å². The zero-order valence-electron chi connectivity index (χ0n) is 20.0. The van der Waals surface area contributed by atoms with Crippen molar-refractivity contribution in [3.63, 3.8) is 0 Å². The molecular formula is C25H35N5O4. The number of piperazine rings is 1. The van der Waals surface area contributed by atoms with E-state index >= 15 is 0 Å². The van der Waals surface area contributed by atoms with Gasteiger partial charge in [0.2, 0.25) is 5.91 Å². The highest BCUT2D eigenvalue weighted by molar-refractivity contribution is 5.76. The number of aromatic amines is 1. The highest BCUT2D eigenvalue weighted by atomic mass is 16.5. The molecule has 1 aromatic heterocycles. The summed E-state index contributed by atoms with van der Waals surface area (Å²) in [6.45, 7) is 7.05. The second kappa shape index (κ2) is 12.1. The summed E-state index contributed by atoms with van der Waals surface area (Å²) >= 11 is 0. The maximum Gasteiger partial charge on any atom is 0.273 e. The standard InChI is InChI=1S/C25H35N5O4/c1-2-33-17-18-34-21-9-7-19(8-10-21)24-26-25(32)22(27-28-24)11-12-23(31)30-15-13-29(14-16-30)20-5-3-4-6-20/h7-10,20H,2-6,11-18H2,1H3,(H,26,28,32). The molecule has 184 valence electrons. The van der Waals surface area contributed by atoms with Crippen LogP contribution in [0.3, 0.4) is 0 Å². The Balaban J connectivity index is 1.25. The Morgan fingerprint density at radius 1 is 1.06 bits per heavy atom. The summed E-state index contributed by atoms with van der Waals surface area (Å²) in [6, 6.07) is 7.99. The molecule has 2 aromatic rings. The van der Waals surface area contributed by atoms with Crippen LogP contribution in [0.1, 0.15) is 44.7 Å². The molecule has 2 fully saturated rings. The molecule has 1 aliphatic carbocycles. The van der Waals surface area contributed by atoms with Crippen LogP contribution in [0, 0.1) is 0 Å². The van der Waals surface area contributed by atoms with Crippen LogP contribution in [-0.4, -0.2) is 82.9 Å². The topological polar surface area (TPSA) is 101 Å². The average Bonchev–Trinajstić information content (AvgIpc) is 3.41. The van der Waals surface area contributed by atoms with Gasteiger partial charge in [-0.3, -0.25) is 14.5 Å². The molecule has 9 heteroatoms. The van der Waals surface area contributed by atoms with E-state index in [2.05, 4.69) is 20.1 Å². The van der Waals surface area contributed by atoms with E-state index in [1.807, 2.05) is 36.1 Å². The van der Waals surface area contributed by atoms with Crippen LogP contribution in [0.4, 0.5) is 0 Å². The molecule has 1 aliphatic heterocycles. The van der Waals surface area contributed by atoms with Crippen LogP contribution in [0.2, 0.25) is 0 Å². The van der Waals surface area contributed by atoms with Gasteiger partial charge >= 0.3 is 0 Å². The normalized spacial score (nSPS) is 17.3. The lowest BCUT2D eigenvalue weighted by atomic mass is 10.1. The summed E-state index contributed by atoms with van der Waals surface area (Å²) < 4.78 is 10.9. The minimum Gasteiger partial charge on any atom is -0.491 e. The zero-order chi connectivity index (χ0) is 23.8. The van der Waals surface area contributed by atoms with Gasteiger partial charge in [0, 0.05) is 57.2 Å². The predicted molar refractivity (Wildman–Crippen MR) is 129 cm³/mol. The van der Waals surface area contributed by atoms with E-state index < -0.39 is 0 Å². The third kappa shape index (κ3) is 6.42. The van der Waals surface area contributed by atoms with E-state index in [1.54, 1.807) is 0 Å². The SMILES string of the molecule is CCOCCOc1ccc(-c2nnc(CCC(=O)N3CCN(C4CCCC4)CC3)c(=O)[nH]2)cc1. The van der Waals surface area contributed by atoms with Gasteiger partial charge in [0.25, 0.3) is 5.56 Å². The van der Waals surface area contributed by atoms with Gasteiger partial charge in [-0.1, -0.05) is 12.8 Å². The molecule has 1 saturated carbocycles. The van der Waals surface area contributed by atoms with Gasteiger partial charge in [0.15, 0.2) is 5.82 Å². The maximum atomic E-state index is 12.7. The molecule has 0 unspecified atom stereocenters. The number of benzene rings is 1. The lowest BCUT2D eigenvalue weighted by Gasteiger charge is -2.38. The first-order chi connectivity index (χ1) is 16.6. The van der Waals surface area contributed by atoms with Crippen molar-refractivity contribution in [2.75, 3.05) is 46.0 Å². The molecule has 0 bridgehead atoms. The van der Waals surface area contributed by atoms with E-state index in [4.69, 9.17) is 9.47 Å². The highest BCUT2D eigenvalue weighted by Crippen LogP contribution is 2.24. The van der Waals surface area contributed by atoms with Gasteiger partial charge in [-0.25, -0.2) is 0 Å². The van der Waals surface area contributed by atoms with Gasteiger partial charge in [-0.15, -0.1) is 10.2 Å². The molecule has 1 N–H and O–H groups in total. The van der Waals surface area contributed by atoms with Gasteiger partial charge < -0.3 is 19.4 Å². The zero-order valence-corrected chi connectivity index (χ0v) is 20.0. The number of aryl methyl sites for hydroxylation is 1. The first-order valence-electron chi connectivity index (χ1n) is 12.4. The summed E-state index contributed by atoms with van der Waals surface area (Å²) in [5.74, 6) is 1.19. The molecule has 1 saturated heterocycles. The molecular weight excluding hydrogens is 434 g/mol.